The standard InChI is InChI=1S/C14H18BrF2N/c1-2-9-5-6-18-10(7-9)8-11-13(16)4-3-12(15)14(11)17/h3-4,9-10,18H,2,5-8H2,1H3. The van der Waals surface area contributed by atoms with Crippen LogP contribution >= 0.6 is 15.9 Å². The van der Waals surface area contributed by atoms with E-state index in [-0.39, 0.29) is 11.6 Å². The van der Waals surface area contributed by atoms with Crippen molar-refractivity contribution >= 4 is 15.9 Å². The van der Waals surface area contributed by atoms with Crippen molar-refractivity contribution in [3.63, 3.8) is 0 Å². The maximum Gasteiger partial charge on any atom is 0.143 e. The molecule has 1 aromatic rings. The fourth-order valence-electron chi connectivity index (χ4n) is 2.62. The highest BCUT2D eigenvalue weighted by molar-refractivity contribution is 9.10. The molecule has 1 heterocycles. The number of benzene rings is 1. The van der Waals surface area contributed by atoms with Crippen LogP contribution in [0, 0.1) is 17.6 Å². The van der Waals surface area contributed by atoms with Crippen LogP contribution in [0.5, 0.6) is 0 Å². The van der Waals surface area contributed by atoms with Gasteiger partial charge in [0.1, 0.15) is 11.6 Å². The molecule has 2 atom stereocenters. The van der Waals surface area contributed by atoms with E-state index in [2.05, 4.69) is 28.2 Å². The SMILES string of the molecule is CCC1CCNC(Cc2c(F)ccc(Br)c2F)C1. The third kappa shape index (κ3) is 3.09. The lowest BCUT2D eigenvalue weighted by Crippen LogP contribution is -2.39. The molecule has 100 valence electrons. The van der Waals surface area contributed by atoms with Gasteiger partial charge in [-0.25, -0.2) is 8.78 Å². The van der Waals surface area contributed by atoms with Crippen LogP contribution in [-0.2, 0) is 6.42 Å². The van der Waals surface area contributed by atoms with Crippen LogP contribution < -0.4 is 5.32 Å². The number of piperidine rings is 1. The van der Waals surface area contributed by atoms with Crippen LogP contribution in [0.2, 0.25) is 0 Å². The molecule has 0 aliphatic carbocycles. The zero-order valence-corrected chi connectivity index (χ0v) is 12.1. The summed E-state index contributed by atoms with van der Waals surface area (Å²) in [6, 6.07) is 2.92. The molecule has 0 saturated carbocycles. The minimum Gasteiger partial charge on any atom is -0.314 e. The lowest BCUT2D eigenvalue weighted by molar-refractivity contribution is 0.290. The van der Waals surface area contributed by atoms with Gasteiger partial charge in [-0.05, 0) is 59.8 Å². The number of hydrogen-bond acceptors (Lipinski definition) is 1. The molecule has 1 nitrogen and oxygen atoms in total. The van der Waals surface area contributed by atoms with E-state index in [1.165, 1.54) is 12.1 Å². The van der Waals surface area contributed by atoms with Crippen LogP contribution in [0.4, 0.5) is 8.78 Å². The molecule has 1 N–H and O–H groups in total. The Bertz CT molecular complexity index is 423. The van der Waals surface area contributed by atoms with E-state index < -0.39 is 11.6 Å². The number of rotatable bonds is 3. The summed E-state index contributed by atoms with van der Waals surface area (Å²) in [5.74, 6) is -0.235. The summed E-state index contributed by atoms with van der Waals surface area (Å²) in [5.41, 5.74) is 0.193. The van der Waals surface area contributed by atoms with Gasteiger partial charge in [-0.1, -0.05) is 13.3 Å². The minimum atomic E-state index is -0.463. The second-order valence-corrected chi connectivity index (χ2v) is 5.83. The molecule has 1 saturated heterocycles. The van der Waals surface area contributed by atoms with Crippen LogP contribution in [0.15, 0.2) is 16.6 Å². The van der Waals surface area contributed by atoms with Crippen molar-refractivity contribution in [2.45, 2.75) is 38.6 Å². The van der Waals surface area contributed by atoms with E-state index in [9.17, 15) is 8.78 Å². The van der Waals surface area contributed by atoms with E-state index in [0.29, 0.717) is 16.8 Å². The molecule has 1 aromatic carbocycles. The molecule has 1 aliphatic rings. The van der Waals surface area contributed by atoms with E-state index in [1.54, 1.807) is 0 Å². The lowest BCUT2D eigenvalue weighted by Gasteiger charge is -2.30. The Morgan fingerprint density at radius 2 is 2.17 bits per heavy atom. The summed E-state index contributed by atoms with van der Waals surface area (Å²) < 4.78 is 27.9. The first-order valence-corrected chi connectivity index (χ1v) is 7.26. The molecule has 1 fully saturated rings. The molecule has 0 aromatic heterocycles. The summed E-state index contributed by atoms with van der Waals surface area (Å²) in [4.78, 5) is 0. The predicted molar refractivity (Wildman–Crippen MR) is 72.6 cm³/mol. The van der Waals surface area contributed by atoms with E-state index >= 15 is 0 Å². The number of nitrogens with one attached hydrogen (secondary N) is 1. The van der Waals surface area contributed by atoms with Gasteiger partial charge in [0.15, 0.2) is 0 Å². The van der Waals surface area contributed by atoms with E-state index in [0.717, 1.165) is 25.8 Å². The predicted octanol–water partition coefficient (Wildman–Crippen LogP) is 4.05. The Hall–Kier alpha value is -0.480. The summed E-state index contributed by atoms with van der Waals surface area (Å²) in [7, 11) is 0. The van der Waals surface area contributed by atoms with Gasteiger partial charge in [0.05, 0.1) is 4.47 Å². The largest absolute Gasteiger partial charge is 0.314 e. The highest BCUT2D eigenvalue weighted by Gasteiger charge is 2.23. The molecule has 4 heteroatoms. The second kappa shape index (κ2) is 6.11. The van der Waals surface area contributed by atoms with Gasteiger partial charge in [0.2, 0.25) is 0 Å². The molecule has 2 unspecified atom stereocenters. The highest BCUT2D eigenvalue weighted by atomic mass is 79.9. The van der Waals surface area contributed by atoms with Crippen molar-refractivity contribution in [1.82, 2.24) is 5.32 Å². The Morgan fingerprint density at radius 1 is 1.39 bits per heavy atom. The average Bonchev–Trinajstić information content (AvgIpc) is 2.39. The van der Waals surface area contributed by atoms with Gasteiger partial charge < -0.3 is 5.32 Å². The fraction of sp³-hybridized carbons (Fsp3) is 0.571. The van der Waals surface area contributed by atoms with Crippen LogP contribution in [0.25, 0.3) is 0 Å². The molecule has 1 aliphatic heterocycles. The van der Waals surface area contributed by atoms with Gasteiger partial charge in [-0.2, -0.15) is 0 Å². The Morgan fingerprint density at radius 3 is 2.89 bits per heavy atom. The molecule has 0 spiro atoms. The van der Waals surface area contributed by atoms with Crippen molar-refractivity contribution < 1.29 is 8.78 Å². The van der Waals surface area contributed by atoms with Gasteiger partial charge in [-0.3, -0.25) is 0 Å². The highest BCUT2D eigenvalue weighted by Crippen LogP contribution is 2.26. The van der Waals surface area contributed by atoms with Gasteiger partial charge in [-0.15, -0.1) is 0 Å². The zero-order valence-electron chi connectivity index (χ0n) is 10.5. The minimum absolute atomic E-state index is 0.182. The third-order valence-corrected chi connectivity index (χ3v) is 4.38. The maximum absolute atomic E-state index is 13.9. The van der Waals surface area contributed by atoms with Gasteiger partial charge >= 0.3 is 0 Å². The normalized spacial score (nSPS) is 24.2. The first kappa shape index (κ1) is 13.9. The van der Waals surface area contributed by atoms with Crippen LogP contribution in [0.1, 0.15) is 31.7 Å². The third-order valence-electron chi connectivity index (χ3n) is 3.77. The van der Waals surface area contributed by atoms with Gasteiger partial charge in [0.25, 0.3) is 0 Å². The van der Waals surface area contributed by atoms with Crippen molar-refractivity contribution in [2.24, 2.45) is 5.92 Å². The molecule has 0 bridgehead atoms. The summed E-state index contributed by atoms with van der Waals surface area (Å²) >= 11 is 3.11. The topological polar surface area (TPSA) is 12.0 Å². The van der Waals surface area contributed by atoms with Crippen LogP contribution in [0.3, 0.4) is 0 Å². The fourth-order valence-corrected chi connectivity index (χ4v) is 3.00. The Kier molecular flexibility index (Phi) is 4.73. The zero-order chi connectivity index (χ0) is 13.1. The summed E-state index contributed by atoms with van der Waals surface area (Å²) in [5, 5.41) is 3.36. The molecular weight excluding hydrogens is 300 g/mol. The Balaban J connectivity index is 2.11. The summed E-state index contributed by atoms with van der Waals surface area (Å²) in [6.07, 6.45) is 3.73. The second-order valence-electron chi connectivity index (χ2n) is 4.98. The Labute approximate surface area is 115 Å². The first-order chi connectivity index (χ1) is 8.61. The van der Waals surface area contributed by atoms with Crippen molar-refractivity contribution in [1.29, 1.82) is 0 Å². The smallest absolute Gasteiger partial charge is 0.143 e. The average molecular weight is 318 g/mol. The monoisotopic (exact) mass is 317 g/mol. The van der Waals surface area contributed by atoms with E-state index in [1.807, 2.05) is 0 Å². The molecule has 0 amide bonds. The van der Waals surface area contributed by atoms with Gasteiger partial charge in [0, 0.05) is 11.6 Å². The number of halogens is 3. The first-order valence-electron chi connectivity index (χ1n) is 6.47. The summed E-state index contributed by atoms with van der Waals surface area (Å²) in [6.45, 7) is 3.12. The molecule has 0 radical (unpaired) electrons. The molecule has 2 rings (SSSR count). The van der Waals surface area contributed by atoms with E-state index in [4.69, 9.17) is 0 Å². The number of hydrogen-bond donors (Lipinski definition) is 1. The lowest BCUT2D eigenvalue weighted by atomic mass is 9.87. The maximum atomic E-state index is 13.9. The molecule has 18 heavy (non-hydrogen) atoms. The van der Waals surface area contributed by atoms with Crippen molar-refractivity contribution in [3.05, 3.63) is 33.8 Å². The van der Waals surface area contributed by atoms with Crippen LogP contribution in [-0.4, -0.2) is 12.6 Å². The molecular formula is C14H18BrF2N. The van der Waals surface area contributed by atoms with Crippen molar-refractivity contribution in [2.75, 3.05) is 6.54 Å². The van der Waals surface area contributed by atoms with Crippen molar-refractivity contribution in [3.8, 4) is 0 Å². The quantitative estimate of drug-likeness (QED) is 0.829.